The van der Waals surface area contributed by atoms with Crippen molar-refractivity contribution in [3.05, 3.63) is 33.7 Å². The Morgan fingerprint density at radius 2 is 2.06 bits per heavy atom. The van der Waals surface area contributed by atoms with E-state index in [9.17, 15) is 14.4 Å². The molecule has 0 aliphatic rings. The zero-order valence-corrected chi connectivity index (χ0v) is 10.6. The summed E-state index contributed by atoms with van der Waals surface area (Å²) in [6.45, 7) is 5.30. The summed E-state index contributed by atoms with van der Waals surface area (Å²) in [5, 5.41) is 11.5. The van der Waals surface area contributed by atoms with E-state index in [4.69, 9.17) is 5.11 Å². The summed E-state index contributed by atoms with van der Waals surface area (Å²) in [5.74, 6) is -1.52. The molecule has 1 aromatic rings. The molecule has 18 heavy (non-hydrogen) atoms. The third kappa shape index (κ3) is 3.44. The van der Waals surface area contributed by atoms with Crippen LogP contribution in [0.3, 0.4) is 0 Å². The van der Waals surface area contributed by atoms with Crippen molar-refractivity contribution in [1.29, 1.82) is 0 Å². The molecule has 1 amide bonds. The first-order valence-electron chi connectivity index (χ1n) is 5.55. The first-order valence-corrected chi connectivity index (χ1v) is 5.55. The van der Waals surface area contributed by atoms with Crippen LogP contribution in [-0.2, 0) is 11.3 Å². The SMILES string of the molecule is Cc1cc(=O)c(C(=O)O)cn1CC(=O)NC(C)C. The molecule has 0 saturated carbocycles. The molecule has 0 radical (unpaired) electrons. The van der Waals surface area contributed by atoms with Crippen molar-refractivity contribution in [2.45, 2.75) is 33.4 Å². The summed E-state index contributed by atoms with van der Waals surface area (Å²) in [7, 11) is 0. The fraction of sp³-hybridized carbons (Fsp3) is 0.417. The second-order valence-electron chi connectivity index (χ2n) is 4.35. The van der Waals surface area contributed by atoms with Gasteiger partial charge in [0.2, 0.25) is 5.91 Å². The number of carbonyl (C=O) groups is 2. The molecule has 0 spiro atoms. The number of aryl methyl sites for hydroxylation is 1. The van der Waals surface area contributed by atoms with Crippen LogP contribution >= 0.6 is 0 Å². The Morgan fingerprint density at radius 3 is 2.56 bits per heavy atom. The minimum atomic E-state index is -1.29. The van der Waals surface area contributed by atoms with E-state index < -0.39 is 11.4 Å². The minimum absolute atomic E-state index is 0.00935. The Hall–Kier alpha value is -2.11. The summed E-state index contributed by atoms with van der Waals surface area (Å²) in [6, 6.07) is 1.22. The lowest BCUT2D eigenvalue weighted by Crippen LogP contribution is -2.34. The molecule has 98 valence electrons. The molecular weight excluding hydrogens is 236 g/mol. The molecule has 2 N–H and O–H groups in total. The second-order valence-corrected chi connectivity index (χ2v) is 4.35. The van der Waals surface area contributed by atoms with E-state index in [-0.39, 0.29) is 24.1 Å². The summed E-state index contributed by atoms with van der Waals surface area (Å²) >= 11 is 0. The molecule has 6 heteroatoms. The summed E-state index contributed by atoms with van der Waals surface area (Å²) in [4.78, 5) is 33.8. The van der Waals surface area contributed by atoms with Crippen LogP contribution in [0.5, 0.6) is 0 Å². The summed E-state index contributed by atoms with van der Waals surface area (Å²) in [5.41, 5.74) is -0.345. The number of rotatable bonds is 4. The maximum atomic E-state index is 11.6. The molecule has 0 aromatic carbocycles. The zero-order chi connectivity index (χ0) is 13.9. The fourth-order valence-corrected chi connectivity index (χ4v) is 1.52. The largest absolute Gasteiger partial charge is 0.477 e. The van der Waals surface area contributed by atoms with Gasteiger partial charge in [-0.2, -0.15) is 0 Å². The predicted molar refractivity (Wildman–Crippen MR) is 65.7 cm³/mol. The Balaban J connectivity index is 3.03. The summed E-state index contributed by atoms with van der Waals surface area (Å²) in [6.07, 6.45) is 1.19. The monoisotopic (exact) mass is 252 g/mol. The van der Waals surface area contributed by atoms with Gasteiger partial charge in [0.25, 0.3) is 0 Å². The van der Waals surface area contributed by atoms with Gasteiger partial charge in [0.05, 0.1) is 0 Å². The van der Waals surface area contributed by atoms with Crippen LogP contribution in [0.15, 0.2) is 17.1 Å². The Morgan fingerprint density at radius 1 is 1.44 bits per heavy atom. The number of aromatic nitrogens is 1. The fourth-order valence-electron chi connectivity index (χ4n) is 1.52. The highest BCUT2D eigenvalue weighted by Crippen LogP contribution is 2.00. The highest BCUT2D eigenvalue weighted by atomic mass is 16.4. The molecular formula is C12H16N2O4. The van der Waals surface area contributed by atoms with E-state index in [1.54, 1.807) is 6.92 Å². The Bertz CT molecular complexity index is 531. The van der Waals surface area contributed by atoms with Crippen molar-refractivity contribution in [3.63, 3.8) is 0 Å². The molecule has 1 aromatic heterocycles. The van der Waals surface area contributed by atoms with Crippen molar-refractivity contribution in [1.82, 2.24) is 9.88 Å². The maximum absolute atomic E-state index is 11.6. The van der Waals surface area contributed by atoms with Gasteiger partial charge < -0.3 is 15.0 Å². The van der Waals surface area contributed by atoms with E-state index in [0.29, 0.717) is 5.69 Å². The molecule has 0 aliphatic carbocycles. The minimum Gasteiger partial charge on any atom is -0.477 e. The number of hydrogen-bond donors (Lipinski definition) is 2. The lowest BCUT2D eigenvalue weighted by Gasteiger charge is -2.13. The lowest BCUT2D eigenvalue weighted by atomic mass is 10.2. The molecule has 0 aliphatic heterocycles. The van der Waals surface area contributed by atoms with Crippen molar-refractivity contribution in [2.75, 3.05) is 0 Å². The maximum Gasteiger partial charge on any atom is 0.341 e. The predicted octanol–water partition coefficient (Wildman–Crippen LogP) is 0.380. The van der Waals surface area contributed by atoms with E-state index in [2.05, 4.69) is 5.32 Å². The number of hydrogen-bond acceptors (Lipinski definition) is 3. The van der Waals surface area contributed by atoms with Crippen LogP contribution in [0.4, 0.5) is 0 Å². The quantitative estimate of drug-likeness (QED) is 0.810. The van der Waals surface area contributed by atoms with Crippen molar-refractivity contribution in [2.24, 2.45) is 0 Å². The summed E-state index contributed by atoms with van der Waals surface area (Å²) < 4.78 is 1.45. The average Bonchev–Trinajstić information content (AvgIpc) is 2.20. The van der Waals surface area contributed by atoms with E-state index in [0.717, 1.165) is 0 Å². The first-order chi connectivity index (χ1) is 8.31. The van der Waals surface area contributed by atoms with Crippen LogP contribution in [-0.4, -0.2) is 27.6 Å². The topological polar surface area (TPSA) is 88.4 Å². The molecule has 0 atom stereocenters. The number of amides is 1. The van der Waals surface area contributed by atoms with Crippen molar-refractivity contribution >= 4 is 11.9 Å². The van der Waals surface area contributed by atoms with Gasteiger partial charge in [0, 0.05) is 24.0 Å². The molecule has 6 nitrogen and oxygen atoms in total. The standard InChI is InChI=1S/C12H16N2O4/c1-7(2)13-11(16)6-14-5-9(12(17)18)10(15)4-8(14)3/h4-5,7H,6H2,1-3H3,(H,13,16)(H,17,18). The van der Waals surface area contributed by atoms with Crippen molar-refractivity contribution in [3.8, 4) is 0 Å². The van der Waals surface area contributed by atoms with Crippen LogP contribution in [0, 0.1) is 6.92 Å². The Kier molecular flexibility index (Phi) is 4.25. The van der Waals surface area contributed by atoms with E-state index in [1.165, 1.54) is 16.8 Å². The number of nitrogens with one attached hydrogen (secondary N) is 1. The molecule has 0 unspecified atom stereocenters. The van der Waals surface area contributed by atoms with Gasteiger partial charge in [-0.3, -0.25) is 9.59 Å². The van der Waals surface area contributed by atoms with Gasteiger partial charge in [0.15, 0.2) is 5.43 Å². The zero-order valence-electron chi connectivity index (χ0n) is 10.6. The number of carboxylic acids is 1. The van der Waals surface area contributed by atoms with Gasteiger partial charge in [-0.1, -0.05) is 0 Å². The van der Waals surface area contributed by atoms with Gasteiger partial charge in [-0.25, -0.2) is 4.79 Å². The van der Waals surface area contributed by atoms with E-state index >= 15 is 0 Å². The molecule has 0 fully saturated rings. The number of carboxylic acid groups (broad SMARTS) is 1. The number of aromatic carboxylic acids is 1. The molecule has 1 heterocycles. The van der Waals surface area contributed by atoms with Crippen LogP contribution in [0.1, 0.15) is 29.9 Å². The van der Waals surface area contributed by atoms with Gasteiger partial charge in [0.1, 0.15) is 12.1 Å². The van der Waals surface area contributed by atoms with Crippen LogP contribution in [0.25, 0.3) is 0 Å². The molecule has 0 bridgehead atoms. The normalized spacial score (nSPS) is 10.4. The smallest absolute Gasteiger partial charge is 0.341 e. The van der Waals surface area contributed by atoms with Crippen molar-refractivity contribution < 1.29 is 14.7 Å². The lowest BCUT2D eigenvalue weighted by molar-refractivity contribution is -0.122. The highest BCUT2D eigenvalue weighted by Gasteiger charge is 2.12. The third-order valence-electron chi connectivity index (χ3n) is 2.34. The number of pyridine rings is 1. The van der Waals surface area contributed by atoms with Gasteiger partial charge >= 0.3 is 5.97 Å². The van der Waals surface area contributed by atoms with Gasteiger partial charge in [-0.05, 0) is 20.8 Å². The highest BCUT2D eigenvalue weighted by molar-refractivity contribution is 5.87. The van der Waals surface area contributed by atoms with Crippen LogP contribution < -0.4 is 10.7 Å². The average molecular weight is 252 g/mol. The van der Waals surface area contributed by atoms with Gasteiger partial charge in [-0.15, -0.1) is 0 Å². The second kappa shape index (κ2) is 5.48. The molecule has 0 saturated heterocycles. The first kappa shape index (κ1) is 14.0. The van der Waals surface area contributed by atoms with E-state index in [1.807, 2.05) is 13.8 Å². The number of carbonyl (C=O) groups excluding carboxylic acids is 1. The molecule has 1 rings (SSSR count). The third-order valence-corrected chi connectivity index (χ3v) is 2.34. The van der Waals surface area contributed by atoms with Crippen LogP contribution in [0.2, 0.25) is 0 Å². The number of nitrogens with zero attached hydrogens (tertiary/aromatic N) is 1. The Labute approximate surface area is 104 Å².